The average Bonchev–Trinajstić information content (AvgIpc) is 2.75. The fraction of sp³-hybridized carbons (Fsp3) is 0.375. The predicted octanol–water partition coefficient (Wildman–Crippen LogP) is 3.31. The first-order valence-electron chi connectivity index (χ1n) is 10.4. The Bertz CT molecular complexity index is 889. The molecule has 0 saturated heterocycles. The van der Waals surface area contributed by atoms with Crippen molar-refractivity contribution in [3.63, 3.8) is 0 Å². The quantitative estimate of drug-likeness (QED) is 0.572. The largest absolute Gasteiger partial charge is 0.494 e. The highest BCUT2D eigenvalue weighted by Gasteiger charge is 2.16. The van der Waals surface area contributed by atoms with E-state index in [9.17, 15) is 14.4 Å². The van der Waals surface area contributed by atoms with Crippen LogP contribution >= 0.6 is 0 Å². The van der Waals surface area contributed by atoms with E-state index in [2.05, 4.69) is 17.6 Å². The molecule has 0 bridgehead atoms. The summed E-state index contributed by atoms with van der Waals surface area (Å²) in [7, 11) is 1.53. The topological polar surface area (TPSA) is 87.7 Å². The standard InChI is InChI=1S/C24H31N3O4/c1-5-6-14-31-20-12-10-19(11-13-20)24(30)25-15-22(29)27(4)16-21(28)26-23-17(2)8-7-9-18(23)3/h7-13H,5-6,14-16H2,1-4H3,(H,25,30)(H,26,28). The van der Waals surface area contributed by atoms with Crippen molar-refractivity contribution in [3.05, 3.63) is 59.2 Å². The molecule has 31 heavy (non-hydrogen) atoms. The number of benzene rings is 2. The van der Waals surface area contributed by atoms with E-state index in [0.29, 0.717) is 17.9 Å². The number of hydrogen-bond donors (Lipinski definition) is 2. The molecule has 0 unspecified atom stereocenters. The Hall–Kier alpha value is -3.35. The minimum atomic E-state index is -0.359. The van der Waals surface area contributed by atoms with Crippen molar-refractivity contribution in [2.75, 3.05) is 32.1 Å². The number of para-hydroxylation sites is 1. The highest BCUT2D eigenvalue weighted by atomic mass is 16.5. The smallest absolute Gasteiger partial charge is 0.251 e. The second-order valence-electron chi connectivity index (χ2n) is 7.47. The molecule has 7 nitrogen and oxygen atoms in total. The van der Waals surface area contributed by atoms with Crippen LogP contribution in [0.3, 0.4) is 0 Å². The first-order chi connectivity index (χ1) is 14.8. The second kappa shape index (κ2) is 11.7. The predicted molar refractivity (Wildman–Crippen MR) is 121 cm³/mol. The lowest BCUT2D eigenvalue weighted by molar-refractivity contribution is -0.132. The molecule has 0 atom stereocenters. The van der Waals surface area contributed by atoms with Crippen molar-refractivity contribution < 1.29 is 19.1 Å². The van der Waals surface area contributed by atoms with Gasteiger partial charge in [0, 0.05) is 18.3 Å². The normalized spacial score (nSPS) is 10.3. The van der Waals surface area contributed by atoms with Crippen LogP contribution in [0.15, 0.2) is 42.5 Å². The van der Waals surface area contributed by atoms with Gasteiger partial charge in [0.05, 0.1) is 19.7 Å². The second-order valence-corrected chi connectivity index (χ2v) is 7.47. The number of nitrogens with one attached hydrogen (secondary N) is 2. The van der Waals surface area contributed by atoms with Gasteiger partial charge in [-0.3, -0.25) is 14.4 Å². The number of aryl methyl sites for hydroxylation is 2. The highest BCUT2D eigenvalue weighted by Crippen LogP contribution is 2.19. The zero-order chi connectivity index (χ0) is 22.8. The van der Waals surface area contributed by atoms with Gasteiger partial charge in [-0.15, -0.1) is 0 Å². The van der Waals surface area contributed by atoms with Crippen LogP contribution in [0.2, 0.25) is 0 Å². The van der Waals surface area contributed by atoms with Crippen LogP contribution < -0.4 is 15.4 Å². The van der Waals surface area contributed by atoms with Gasteiger partial charge >= 0.3 is 0 Å². The summed E-state index contributed by atoms with van der Waals surface area (Å²) in [6.45, 7) is 6.26. The SMILES string of the molecule is CCCCOc1ccc(C(=O)NCC(=O)N(C)CC(=O)Nc2c(C)cccc2C)cc1. The number of unbranched alkanes of at least 4 members (excludes halogenated alkanes) is 1. The molecule has 0 radical (unpaired) electrons. The summed E-state index contributed by atoms with van der Waals surface area (Å²) in [6.07, 6.45) is 2.02. The fourth-order valence-corrected chi connectivity index (χ4v) is 2.92. The van der Waals surface area contributed by atoms with E-state index in [1.807, 2.05) is 32.0 Å². The summed E-state index contributed by atoms with van der Waals surface area (Å²) in [4.78, 5) is 38.2. The molecule has 2 aromatic rings. The molecule has 2 aromatic carbocycles. The molecular formula is C24H31N3O4. The number of likely N-dealkylation sites (N-methyl/N-ethyl adjacent to an activating group) is 1. The maximum absolute atomic E-state index is 12.3. The Morgan fingerprint density at radius 1 is 1.00 bits per heavy atom. The van der Waals surface area contributed by atoms with E-state index in [0.717, 1.165) is 29.7 Å². The minimum absolute atomic E-state index is 0.105. The molecular weight excluding hydrogens is 394 g/mol. The van der Waals surface area contributed by atoms with Gasteiger partial charge in [-0.25, -0.2) is 0 Å². The van der Waals surface area contributed by atoms with Gasteiger partial charge in [-0.2, -0.15) is 0 Å². The van der Waals surface area contributed by atoms with Gasteiger partial charge in [0.1, 0.15) is 5.75 Å². The van der Waals surface area contributed by atoms with Crippen molar-refractivity contribution in [3.8, 4) is 5.75 Å². The molecule has 0 spiro atoms. The van der Waals surface area contributed by atoms with Crippen molar-refractivity contribution in [1.29, 1.82) is 0 Å². The maximum atomic E-state index is 12.3. The Balaban J connectivity index is 1.80. The van der Waals surface area contributed by atoms with E-state index < -0.39 is 0 Å². The van der Waals surface area contributed by atoms with Crippen LogP contribution in [0.1, 0.15) is 41.3 Å². The third kappa shape index (κ3) is 7.44. The number of hydrogen-bond acceptors (Lipinski definition) is 4. The molecule has 7 heteroatoms. The van der Waals surface area contributed by atoms with Crippen LogP contribution in [0.5, 0.6) is 5.75 Å². The van der Waals surface area contributed by atoms with Crippen molar-refractivity contribution in [2.45, 2.75) is 33.6 Å². The zero-order valence-corrected chi connectivity index (χ0v) is 18.7. The summed E-state index contributed by atoms with van der Waals surface area (Å²) < 4.78 is 5.57. The Morgan fingerprint density at radius 3 is 2.26 bits per heavy atom. The molecule has 3 amide bonds. The maximum Gasteiger partial charge on any atom is 0.251 e. The van der Waals surface area contributed by atoms with E-state index in [4.69, 9.17) is 4.74 Å². The molecule has 0 aliphatic heterocycles. The van der Waals surface area contributed by atoms with Gasteiger partial charge in [0.2, 0.25) is 11.8 Å². The first-order valence-corrected chi connectivity index (χ1v) is 10.4. The fourth-order valence-electron chi connectivity index (χ4n) is 2.92. The number of rotatable bonds is 10. The lowest BCUT2D eigenvalue weighted by Crippen LogP contribution is -2.41. The van der Waals surface area contributed by atoms with Crippen LogP contribution in [-0.4, -0.2) is 49.4 Å². The number of anilines is 1. The summed E-state index contributed by atoms with van der Waals surface area (Å²) in [5, 5.41) is 5.44. The van der Waals surface area contributed by atoms with Crippen LogP contribution in [0, 0.1) is 13.8 Å². The molecule has 0 heterocycles. The van der Waals surface area contributed by atoms with Crippen LogP contribution in [-0.2, 0) is 9.59 Å². The van der Waals surface area contributed by atoms with Gasteiger partial charge in [-0.05, 0) is 55.7 Å². The Kier molecular flexibility index (Phi) is 9.06. The highest BCUT2D eigenvalue weighted by molar-refractivity contribution is 5.98. The number of carbonyl (C=O) groups is 3. The molecule has 2 N–H and O–H groups in total. The number of amides is 3. The summed E-state index contributed by atoms with van der Waals surface area (Å²) in [5.41, 5.74) is 3.10. The molecule has 0 aliphatic rings. The third-order valence-corrected chi connectivity index (χ3v) is 4.84. The van der Waals surface area contributed by atoms with Crippen molar-refractivity contribution >= 4 is 23.4 Å². The zero-order valence-electron chi connectivity index (χ0n) is 18.7. The summed E-state index contributed by atoms with van der Waals surface area (Å²) in [5.74, 6) is -0.305. The van der Waals surface area contributed by atoms with E-state index in [1.165, 1.54) is 11.9 Å². The van der Waals surface area contributed by atoms with E-state index >= 15 is 0 Å². The van der Waals surface area contributed by atoms with Crippen molar-refractivity contribution in [1.82, 2.24) is 10.2 Å². The first kappa shape index (κ1) is 23.9. The lowest BCUT2D eigenvalue weighted by Gasteiger charge is -2.18. The molecule has 0 fully saturated rings. The average molecular weight is 426 g/mol. The van der Waals surface area contributed by atoms with Crippen LogP contribution in [0.4, 0.5) is 5.69 Å². The van der Waals surface area contributed by atoms with Crippen molar-refractivity contribution in [2.24, 2.45) is 0 Å². The van der Waals surface area contributed by atoms with Gasteiger partial charge in [-0.1, -0.05) is 31.5 Å². The van der Waals surface area contributed by atoms with E-state index in [-0.39, 0.29) is 30.8 Å². The number of ether oxygens (including phenoxy) is 1. The Labute approximate surface area is 183 Å². The van der Waals surface area contributed by atoms with Crippen LogP contribution in [0.25, 0.3) is 0 Å². The minimum Gasteiger partial charge on any atom is -0.494 e. The molecule has 0 saturated carbocycles. The molecule has 2 rings (SSSR count). The van der Waals surface area contributed by atoms with Gasteiger partial charge in [0.25, 0.3) is 5.91 Å². The van der Waals surface area contributed by atoms with E-state index in [1.54, 1.807) is 24.3 Å². The van der Waals surface area contributed by atoms with Gasteiger partial charge in [0.15, 0.2) is 0 Å². The van der Waals surface area contributed by atoms with Gasteiger partial charge < -0.3 is 20.3 Å². The monoisotopic (exact) mass is 425 g/mol. The molecule has 0 aromatic heterocycles. The number of nitrogens with zero attached hydrogens (tertiary/aromatic N) is 1. The third-order valence-electron chi connectivity index (χ3n) is 4.84. The summed E-state index contributed by atoms with van der Waals surface area (Å²) in [6, 6.07) is 12.5. The molecule has 0 aliphatic carbocycles. The molecule has 166 valence electrons. The lowest BCUT2D eigenvalue weighted by atomic mass is 10.1. The summed E-state index contributed by atoms with van der Waals surface area (Å²) >= 11 is 0. The number of carbonyl (C=O) groups excluding carboxylic acids is 3. The Morgan fingerprint density at radius 2 is 1.65 bits per heavy atom.